The van der Waals surface area contributed by atoms with E-state index in [2.05, 4.69) is 0 Å². The van der Waals surface area contributed by atoms with Crippen molar-refractivity contribution in [1.82, 2.24) is 0 Å². The van der Waals surface area contributed by atoms with Crippen molar-refractivity contribution in [3.63, 3.8) is 0 Å². The lowest BCUT2D eigenvalue weighted by atomic mass is 9.81. The molecule has 72 valence electrons. The standard InChI is InChI=1S/C9H12O4/c1-5-3-9(2,13)4-6(10)7(5)8(11)12/h13H,3-4H2,1-2H3,(H,11,12). The highest BCUT2D eigenvalue weighted by Gasteiger charge is 2.35. The quantitative estimate of drug-likeness (QED) is 0.582. The number of carbonyl (C=O) groups excluding carboxylic acids is 1. The topological polar surface area (TPSA) is 74.6 Å². The van der Waals surface area contributed by atoms with Crippen LogP contribution in [0.4, 0.5) is 0 Å². The SMILES string of the molecule is CC1=C(C(=O)O)C(=O)CC(C)(O)C1. The second kappa shape index (κ2) is 2.96. The predicted octanol–water partition coefficient (Wildman–Crippen LogP) is 0.501. The molecule has 13 heavy (non-hydrogen) atoms. The van der Waals surface area contributed by atoms with Crippen LogP contribution in [-0.2, 0) is 9.59 Å². The number of aliphatic hydroxyl groups is 1. The van der Waals surface area contributed by atoms with E-state index in [9.17, 15) is 14.7 Å². The fourth-order valence-corrected chi connectivity index (χ4v) is 1.70. The second-order valence-electron chi connectivity index (χ2n) is 3.73. The molecule has 0 amide bonds. The van der Waals surface area contributed by atoms with Gasteiger partial charge in [0.15, 0.2) is 5.78 Å². The highest BCUT2D eigenvalue weighted by Crippen LogP contribution is 2.29. The number of carbonyl (C=O) groups is 2. The smallest absolute Gasteiger partial charge is 0.339 e. The number of carboxylic acids is 1. The summed E-state index contributed by atoms with van der Waals surface area (Å²) in [5, 5.41) is 18.3. The summed E-state index contributed by atoms with van der Waals surface area (Å²) in [5.41, 5.74) is -0.791. The molecule has 0 radical (unpaired) electrons. The van der Waals surface area contributed by atoms with Crippen LogP contribution in [0.2, 0.25) is 0 Å². The van der Waals surface area contributed by atoms with Gasteiger partial charge in [0.1, 0.15) is 5.57 Å². The molecule has 1 aliphatic rings. The Labute approximate surface area is 75.9 Å². The fourth-order valence-electron chi connectivity index (χ4n) is 1.70. The van der Waals surface area contributed by atoms with E-state index >= 15 is 0 Å². The Hall–Kier alpha value is -1.16. The summed E-state index contributed by atoms with van der Waals surface area (Å²) in [5.74, 6) is -1.68. The lowest BCUT2D eigenvalue weighted by Crippen LogP contribution is -2.35. The molecule has 0 saturated heterocycles. The Balaban J connectivity index is 3.09. The normalized spacial score (nSPS) is 29.3. The summed E-state index contributed by atoms with van der Waals surface area (Å²) in [4.78, 5) is 21.9. The van der Waals surface area contributed by atoms with Gasteiger partial charge in [-0.2, -0.15) is 0 Å². The average Bonchev–Trinajstić information content (AvgIpc) is 1.78. The predicted molar refractivity (Wildman–Crippen MR) is 45.2 cm³/mol. The van der Waals surface area contributed by atoms with Crippen LogP contribution in [0.15, 0.2) is 11.1 Å². The van der Waals surface area contributed by atoms with Crippen molar-refractivity contribution < 1.29 is 19.8 Å². The molecular formula is C9H12O4. The van der Waals surface area contributed by atoms with E-state index in [1.165, 1.54) is 6.92 Å². The van der Waals surface area contributed by atoms with Crippen molar-refractivity contribution in [2.75, 3.05) is 0 Å². The van der Waals surface area contributed by atoms with E-state index in [4.69, 9.17) is 5.11 Å². The highest BCUT2D eigenvalue weighted by atomic mass is 16.4. The summed E-state index contributed by atoms with van der Waals surface area (Å²) in [6.45, 7) is 3.10. The first-order chi connectivity index (χ1) is 5.83. The Kier molecular flexibility index (Phi) is 2.26. The van der Waals surface area contributed by atoms with Gasteiger partial charge in [-0.15, -0.1) is 0 Å². The van der Waals surface area contributed by atoms with Crippen molar-refractivity contribution in [1.29, 1.82) is 0 Å². The molecule has 1 unspecified atom stereocenters. The number of ketones is 1. The van der Waals surface area contributed by atoms with Crippen LogP contribution < -0.4 is 0 Å². The van der Waals surface area contributed by atoms with Gasteiger partial charge in [0.25, 0.3) is 0 Å². The molecule has 0 heterocycles. The van der Waals surface area contributed by atoms with Crippen molar-refractivity contribution in [3.05, 3.63) is 11.1 Å². The van der Waals surface area contributed by atoms with E-state index < -0.39 is 17.4 Å². The van der Waals surface area contributed by atoms with E-state index in [1.54, 1.807) is 6.92 Å². The van der Waals surface area contributed by atoms with Gasteiger partial charge in [0.2, 0.25) is 0 Å². The first-order valence-electron chi connectivity index (χ1n) is 4.02. The first kappa shape index (κ1) is 9.92. The zero-order chi connectivity index (χ0) is 10.2. The number of aliphatic carboxylic acids is 1. The zero-order valence-electron chi connectivity index (χ0n) is 7.63. The van der Waals surface area contributed by atoms with E-state index in [-0.39, 0.29) is 18.4 Å². The molecule has 0 saturated carbocycles. The summed E-state index contributed by atoms with van der Waals surface area (Å²) < 4.78 is 0. The summed E-state index contributed by atoms with van der Waals surface area (Å²) in [6, 6.07) is 0. The number of hydrogen-bond donors (Lipinski definition) is 2. The van der Waals surface area contributed by atoms with Crippen molar-refractivity contribution in [2.45, 2.75) is 32.3 Å². The molecular weight excluding hydrogens is 172 g/mol. The van der Waals surface area contributed by atoms with E-state index in [1.807, 2.05) is 0 Å². The van der Waals surface area contributed by atoms with Gasteiger partial charge in [0, 0.05) is 6.42 Å². The van der Waals surface area contributed by atoms with E-state index in [0.717, 1.165) is 0 Å². The Bertz CT molecular complexity index is 299. The Morgan fingerprint density at radius 2 is 2.00 bits per heavy atom. The van der Waals surface area contributed by atoms with Gasteiger partial charge < -0.3 is 10.2 Å². The fraction of sp³-hybridized carbons (Fsp3) is 0.556. The van der Waals surface area contributed by atoms with Gasteiger partial charge in [-0.1, -0.05) is 5.57 Å². The molecule has 1 aliphatic carbocycles. The first-order valence-corrected chi connectivity index (χ1v) is 4.02. The van der Waals surface area contributed by atoms with Crippen LogP contribution in [0, 0.1) is 0 Å². The van der Waals surface area contributed by atoms with Gasteiger partial charge in [0.05, 0.1) is 5.60 Å². The van der Waals surface area contributed by atoms with E-state index in [0.29, 0.717) is 5.57 Å². The Morgan fingerprint density at radius 3 is 2.38 bits per heavy atom. The maximum Gasteiger partial charge on any atom is 0.339 e. The van der Waals surface area contributed by atoms with Crippen LogP contribution in [0.5, 0.6) is 0 Å². The summed E-state index contributed by atoms with van der Waals surface area (Å²) in [6.07, 6.45) is 0.145. The van der Waals surface area contributed by atoms with Crippen molar-refractivity contribution in [3.8, 4) is 0 Å². The maximum absolute atomic E-state index is 11.3. The highest BCUT2D eigenvalue weighted by molar-refractivity contribution is 6.18. The molecule has 4 nitrogen and oxygen atoms in total. The average molecular weight is 184 g/mol. The van der Waals surface area contributed by atoms with Crippen molar-refractivity contribution in [2.24, 2.45) is 0 Å². The zero-order valence-corrected chi connectivity index (χ0v) is 7.63. The van der Waals surface area contributed by atoms with Crippen LogP contribution in [0.25, 0.3) is 0 Å². The van der Waals surface area contributed by atoms with Crippen LogP contribution in [0.3, 0.4) is 0 Å². The monoisotopic (exact) mass is 184 g/mol. The lowest BCUT2D eigenvalue weighted by Gasteiger charge is -2.28. The second-order valence-corrected chi connectivity index (χ2v) is 3.73. The third-order valence-electron chi connectivity index (χ3n) is 2.11. The number of hydrogen-bond acceptors (Lipinski definition) is 3. The number of carboxylic acid groups (broad SMARTS) is 1. The summed E-state index contributed by atoms with van der Waals surface area (Å²) >= 11 is 0. The molecule has 1 atom stereocenters. The minimum atomic E-state index is -1.20. The van der Waals surface area contributed by atoms with Gasteiger partial charge >= 0.3 is 5.97 Å². The molecule has 1 rings (SSSR count). The Morgan fingerprint density at radius 1 is 1.46 bits per heavy atom. The molecule has 0 spiro atoms. The van der Waals surface area contributed by atoms with Crippen LogP contribution in [-0.4, -0.2) is 27.6 Å². The van der Waals surface area contributed by atoms with Gasteiger partial charge in [-0.25, -0.2) is 4.79 Å². The minimum Gasteiger partial charge on any atom is -0.478 e. The largest absolute Gasteiger partial charge is 0.478 e. The lowest BCUT2D eigenvalue weighted by molar-refractivity contribution is -0.136. The number of Topliss-reactive ketones (excluding diaryl/α,β-unsaturated/α-hetero) is 1. The molecule has 2 N–H and O–H groups in total. The molecule has 0 aromatic rings. The van der Waals surface area contributed by atoms with Crippen molar-refractivity contribution >= 4 is 11.8 Å². The van der Waals surface area contributed by atoms with Crippen LogP contribution >= 0.6 is 0 Å². The van der Waals surface area contributed by atoms with Crippen LogP contribution in [0.1, 0.15) is 26.7 Å². The molecule has 4 heteroatoms. The van der Waals surface area contributed by atoms with Gasteiger partial charge in [-0.05, 0) is 20.3 Å². The minimum absolute atomic E-state index is 0.105. The third kappa shape index (κ3) is 1.95. The molecule has 0 bridgehead atoms. The molecule has 0 aliphatic heterocycles. The third-order valence-corrected chi connectivity index (χ3v) is 2.11. The number of rotatable bonds is 1. The molecule has 0 aromatic carbocycles. The molecule has 0 aromatic heterocycles. The molecule has 0 fully saturated rings. The van der Waals surface area contributed by atoms with Gasteiger partial charge in [-0.3, -0.25) is 4.79 Å². The maximum atomic E-state index is 11.3. The summed E-state index contributed by atoms with van der Waals surface area (Å²) in [7, 11) is 0.